The Hall–Kier alpha value is -2.30. The summed E-state index contributed by atoms with van der Waals surface area (Å²) >= 11 is 0. The largest absolute Gasteiger partial charge is 0.489 e. The zero-order valence-electron chi connectivity index (χ0n) is 13.5. The number of benzene rings is 1. The van der Waals surface area contributed by atoms with E-state index in [0.29, 0.717) is 17.9 Å². The molecule has 5 nitrogen and oxygen atoms in total. The molecule has 5 heteroatoms. The molecule has 0 heterocycles. The number of rotatable bonds is 7. The van der Waals surface area contributed by atoms with Crippen LogP contribution in [0.4, 0.5) is 5.69 Å². The van der Waals surface area contributed by atoms with Gasteiger partial charge in [0, 0.05) is 5.92 Å². The topological polar surface area (TPSA) is 75.6 Å². The lowest BCUT2D eigenvalue weighted by Crippen LogP contribution is -2.21. The summed E-state index contributed by atoms with van der Waals surface area (Å²) < 4.78 is 5.62. The minimum absolute atomic E-state index is 0.0841. The van der Waals surface area contributed by atoms with Crippen LogP contribution in [0.15, 0.2) is 30.4 Å². The first-order valence-electron chi connectivity index (χ1n) is 7.20. The number of carboxylic acid groups (broad SMARTS) is 1. The lowest BCUT2D eigenvalue weighted by molar-refractivity contribution is -0.119. The van der Waals surface area contributed by atoms with Crippen molar-refractivity contribution in [3.8, 4) is 5.75 Å². The van der Waals surface area contributed by atoms with E-state index in [2.05, 4.69) is 11.9 Å². The lowest BCUT2D eigenvalue weighted by Gasteiger charge is -2.17. The van der Waals surface area contributed by atoms with E-state index in [9.17, 15) is 9.59 Å². The van der Waals surface area contributed by atoms with Crippen molar-refractivity contribution in [3.05, 3.63) is 35.9 Å². The third-order valence-corrected chi connectivity index (χ3v) is 2.95. The van der Waals surface area contributed by atoms with E-state index in [1.54, 1.807) is 13.0 Å². The van der Waals surface area contributed by atoms with Gasteiger partial charge in [0.05, 0.1) is 17.4 Å². The number of aromatic carboxylic acids is 1. The van der Waals surface area contributed by atoms with Gasteiger partial charge in [0.25, 0.3) is 0 Å². The molecule has 22 heavy (non-hydrogen) atoms. The number of amides is 1. The Labute approximate surface area is 131 Å². The molecule has 0 bridgehead atoms. The van der Waals surface area contributed by atoms with Crippen molar-refractivity contribution in [1.82, 2.24) is 0 Å². The van der Waals surface area contributed by atoms with Gasteiger partial charge in [-0.3, -0.25) is 4.79 Å². The summed E-state index contributed by atoms with van der Waals surface area (Å²) in [4.78, 5) is 23.3. The van der Waals surface area contributed by atoms with Crippen LogP contribution in [0.5, 0.6) is 5.75 Å². The quantitative estimate of drug-likeness (QED) is 0.753. The molecule has 0 saturated heterocycles. The van der Waals surface area contributed by atoms with Crippen molar-refractivity contribution in [2.24, 2.45) is 5.92 Å². The average Bonchev–Trinajstić information content (AvgIpc) is 2.38. The maximum atomic E-state index is 12.2. The highest BCUT2D eigenvalue weighted by atomic mass is 16.5. The summed E-state index contributed by atoms with van der Waals surface area (Å²) in [7, 11) is 0. The van der Waals surface area contributed by atoms with Crippen LogP contribution >= 0.6 is 0 Å². The van der Waals surface area contributed by atoms with Crippen LogP contribution in [0.25, 0.3) is 0 Å². The maximum Gasteiger partial charge on any atom is 0.335 e. The number of allylic oxidation sites excluding steroid dienone is 1. The second-order valence-corrected chi connectivity index (χ2v) is 5.73. The van der Waals surface area contributed by atoms with Crippen molar-refractivity contribution in [2.75, 3.05) is 5.32 Å². The standard InChI is InChI=1S/C17H23NO4/c1-10(2)8-12(5)16(19)18-14-9-13(17(20)21)6-7-15(14)22-11(3)4/h6-7,9,11-12H,1,8H2,2-5H3,(H,18,19)(H,20,21). The molecule has 0 fully saturated rings. The number of anilines is 1. The van der Waals surface area contributed by atoms with Crippen LogP contribution in [0.3, 0.4) is 0 Å². The average molecular weight is 305 g/mol. The molecule has 0 saturated carbocycles. The fraction of sp³-hybridized carbons (Fsp3) is 0.412. The molecule has 1 atom stereocenters. The maximum absolute atomic E-state index is 12.2. The number of carbonyl (C=O) groups excluding carboxylic acids is 1. The van der Waals surface area contributed by atoms with Crippen molar-refractivity contribution in [3.63, 3.8) is 0 Å². The first-order valence-corrected chi connectivity index (χ1v) is 7.20. The van der Waals surface area contributed by atoms with Gasteiger partial charge >= 0.3 is 5.97 Å². The molecule has 1 aromatic rings. The molecule has 2 N–H and O–H groups in total. The van der Waals surface area contributed by atoms with E-state index >= 15 is 0 Å². The molecule has 1 aromatic carbocycles. The van der Waals surface area contributed by atoms with E-state index in [0.717, 1.165) is 5.57 Å². The summed E-state index contributed by atoms with van der Waals surface area (Å²) in [5.41, 5.74) is 1.38. The Morgan fingerprint density at radius 1 is 1.32 bits per heavy atom. The second kappa shape index (κ2) is 7.64. The van der Waals surface area contributed by atoms with E-state index in [4.69, 9.17) is 9.84 Å². The van der Waals surface area contributed by atoms with Gasteiger partial charge in [0.2, 0.25) is 5.91 Å². The summed E-state index contributed by atoms with van der Waals surface area (Å²) in [6.45, 7) is 11.2. The summed E-state index contributed by atoms with van der Waals surface area (Å²) in [5.74, 6) is -1.05. The zero-order chi connectivity index (χ0) is 16.9. The Morgan fingerprint density at radius 2 is 1.95 bits per heavy atom. The van der Waals surface area contributed by atoms with Crippen LogP contribution in [0.1, 0.15) is 44.5 Å². The van der Waals surface area contributed by atoms with E-state index in [1.165, 1.54) is 12.1 Å². The molecule has 0 aromatic heterocycles. The number of nitrogens with one attached hydrogen (secondary N) is 1. The van der Waals surface area contributed by atoms with Gasteiger partial charge < -0.3 is 15.2 Å². The molecule has 1 unspecified atom stereocenters. The SMILES string of the molecule is C=C(C)CC(C)C(=O)Nc1cc(C(=O)O)ccc1OC(C)C. The van der Waals surface area contributed by atoms with Crippen molar-refractivity contribution >= 4 is 17.6 Å². The number of hydrogen-bond donors (Lipinski definition) is 2. The lowest BCUT2D eigenvalue weighted by atomic mass is 10.0. The van der Waals surface area contributed by atoms with Crippen molar-refractivity contribution < 1.29 is 19.4 Å². The van der Waals surface area contributed by atoms with Crippen LogP contribution < -0.4 is 10.1 Å². The molecule has 0 spiro atoms. The van der Waals surface area contributed by atoms with Gasteiger partial charge in [-0.1, -0.05) is 12.5 Å². The summed E-state index contributed by atoms with van der Waals surface area (Å²) in [6.07, 6.45) is 0.490. The highest BCUT2D eigenvalue weighted by Gasteiger charge is 2.17. The van der Waals surface area contributed by atoms with E-state index < -0.39 is 5.97 Å². The molecular formula is C17H23NO4. The number of ether oxygens (including phenoxy) is 1. The van der Waals surface area contributed by atoms with Crippen LogP contribution in [0, 0.1) is 5.92 Å². The van der Waals surface area contributed by atoms with Gasteiger partial charge in [-0.2, -0.15) is 0 Å². The smallest absolute Gasteiger partial charge is 0.335 e. The molecule has 0 aliphatic heterocycles. The number of carboxylic acids is 1. The number of hydrogen-bond acceptors (Lipinski definition) is 3. The molecular weight excluding hydrogens is 282 g/mol. The predicted octanol–water partition coefficient (Wildman–Crippen LogP) is 3.71. The Morgan fingerprint density at radius 3 is 2.45 bits per heavy atom. The van der Waals surface area contributed by atoms with Crippen molar-refractivity contribution in [1.29, 1.82) is 0 Å². The summed E-state index contributed by atoms with van der Waals surface area (Å²) in [6, 6.07) is 4.42. The van der Waals surface area contributed by atoms with Gasteiger partial charge in [0.15, 0.2) is 0 Å². The van der Waals surface area contributed by atoms with Gasteiger partial charge in [-0.05, 0) is 45.4 Å². The van der Waals surface area contributed by atoms with E-state index in [1.807, 2.05) is 20.8 Å². The predicted molar refractivity (Wildman–Crippen MR) is 86.4 cm³/mol. The van der Waals surface area contributed by atoms with Crippen LogP contribution in [0.2, 0.25) is 0 Å². The van der Waals surface area contributed by atoms with Crippen molar-refractivity contribution in [2.45, 2.75) is 40.2 Å². The minimum atomic E-state index is -1.05. The fourth-order valence-corrected chi connectivity index (χ4v) is 1.99. The first kappa shape index (κ1) is 17.8. The monoisotopic (exact) mass is 305 g/mol. The Kier molecular flexibility index (Phi) is 6.16. The Bertz CT molecular complexity index is 578. The first-order chi connectivity index (χ1) is 10.2. The third-order valence-electron chi connectivity index (χ3n) is 2.95. The highest BCUT2D eigenvalue weighted by Crippen LogP contribution is 2.28. The molecule has 120 valence electrons. The second-order valence-electron chi connectivity index (χ2n) is 5.73. The van der Waals surface area contributed by atoms with E-state index in [-0.39, 0.29) is 23.5 Å². The normalized spacial score (nSPS) is 11.9. The fourth-order valence-electron chi connectivity index (χ4n) is 1.99. The minimum Gasteiger partial charge on any atom is -0.489 e. The number of carbonyl (C=O) groups is 2. The molecule has 1 amide bonds. The van der Waals surface area contributed by atoms with Crippen LogP contribution in [-0.4, -0.2) is 23.1 Å². The molecule has 1 rings (SSSR count). The van der Waals surface area contributed by atoms with Gasteiger partial charge in [-0.25, -0.2) is 4.79 Å². The molecule has 0 radical (unpaired) electrons. The van der Waals surface area contributed by atoms with Gasteiger partial charge in [-0.15, -0.1) is 6.58 Å². The van der Waals surface area contributed by atoms with Crippen LogP contribution in [-0.2, 0) is 4.79 Å². The Balaban J connectivity index is 3.03. The molecule has 0 aliphatic rings. The third kappa shape index (κ3) is 5.24. The molecule has 0 aliphatic carbocycles. The summed E-state index contributed by atoms with van der Waals surface area (Å²) in [5, 5.41) is 11.8. The zero-order valence-corrected chi connectivity index (χ0v) is 13.5. The van der Waals surface area contributed by atoms with Gasteiger partial charge in [0.1, 0.15) is 5.75 Å². The highest BCUT2D eigenvalue weighted by molar-refractivity contribution is 5.96.